The van der Waals surface area contributed by atoms with E-state index in [4.69, 9.17) is 9.26 Å². The van der Waals surface area contributed by atoms with Gasteiger partial charge >= 0.3 is 5.51 Å². The fourth-order valence-electron chi connectivity index (χ4n) is 3.18. The van der Waals surface area contributed by atoms with Crippen LogP contribution < -0.4 is 4.74 Å². The van der Waals surface area contributed by atoms with Crippen molar-refractivity contribution < 1.29 is 22.4 Å². The zero-order valence-corrected chi connectivity index (χ0v) is 14.6. The Hall–Kier alpha value is -2.41. The fourth-order valence-corrected chi connectivity index (χ4v) is 3.72. The number of rotatable bonds is 3. The predicted molar refractivity (Wildman–Crippen MR) is 93.2 cm³/mol. The van der Waals surface area contributed by atoms with Crippen LogP contribution in [0.15, 0.2) is 51.9 Å². The molecule has 0 spiro atoms. The summed E-state index contributed by atoms with van der Waals surface area (Å²) in [5.41, 5.74) is 0.244. The molecular formula is C19H14F3NO2S. The van der Waals surface area contributed by atoms with E-state index in [0.29, 0.717) is 5.69 Å². The van der Waals surface area contributed by atoms with Crippen molar-refractivity contribution in [1.82, 2.24) is 5.16 Å². The van der Waals surface area contributed by atoms with Gasteiger partial charge in [-0.1, -0.05) is 17.3 Å². The number of methoxy groups -OCH3 is 1. The molecule has 3 aromatic rings. The van der Waals surface area contributed by atoms with Gasteiger partial charge in [0.25, 0.3) is 0 Å². The van der Waals surface area contributed by atoms with Gasteiger partial charge in [0, 0.05) is 21.6 Å². The summed E-state index contributed by atoms with van der Waals surface area (Å²) in [5, 5.41) is 4.18. The second kappa shape index (κ2) is 6.39. The first-order chi connectivity index (χ1) is 12.4. The molecule has 1 heterocycles. The van der Waals surface area contributed by atoms with Crippen LogP contribution in [-0.4, -0.2) is 17.8 Å². The van der Waals surface area contributed by atoms with E-state index >= 15 is 0 Å². The topological polar surface area (TPSA) is 35.3 Å². The van der Waals surface area contributed by atoms with Crippen LogP contribution in [0.1, 0.15) is 11.1 Å². The number of hydrogen-bond acceptors (Lipinski definition) is 4. The Kier molecular flexibility index (Phi) is 4.19. The van der Waals surface area contributed by atoms with Crippen molar-refractivity contribution in [3.63, 3.8) is 0 Å². The van der Waals surface area contributed by atoms with E-state index in [9.17, 15) is 13.2 Å². The molecule has 1 aliphatic rings. The summed E-state index contributed by atoms with van der Waals surface area (Å²) in [7, 11) is 1.63. The average molecular weight is 377 g/mol. The van der Waals surface area contributed by atoms with E-state index in [1.165, 1.54) is 12.1 Å². The highest BCUT2D eigenvalue weighted by atomic mass is 32.2. The lowest BCUT2D eigenvalue weighted by Crippen LogP contribution is -2.03. The highest BCUT2D eigenvalue weighted by Crippen LogP contribution is 2.41. The van der Waals surface area contributed by atoms with Gasteiger partial charge in [-0.15, -0.1) is 0 Å². The van der Waals surface area contributed by atoms with Gasteiger partial charge in [-0.25, -0.2) is 0 Å². The number of benzene rings is 2. The molecule has 134 valence electrons. The normalized spacial score (nSPS) is 13.2. The second-order valence-electron chi connectivity index (χ2n) is 5.93. The van der Waals surface area contributed by atoms with Crippen molar-refractivity contribution >= 4 is 11.8 Å². The van der Waals surface area contributed by atoms with Gasteiger partial charge in [0.15, 0.2) is 5.76 Å². The summed E-state index contributed by atoms with van der Waals surface area (Å²) in [5.74, 6) is 1.52. The molecule has 1 aliphatic carbocycles. The van der Waals surface area contributed by atoms with Gasteiger partial charge in [-0.2, -0.15) is 13.2 Å². The smallest absolute Gasteiger partial charge is 0.446 e. The summed E-state index contributed by atoms with van der Waals surface area (Å²) < 4.78 is 48.2. The van der Waals surface area contributed by atoms with Gasteiger partial charge in [0.1, 0.15) is 11.4 Å². The summed E-state index contributed by atoms with van der Waals surface area (Å²) in [6.45, 7) is 0. The Morgan fingerprint density at radius 1 is 1.08 bits per heavy atom. The molecule has 0 fully saturated rings. The average Bonchev–Trinajstić information content (AvgIpc) is 3.05. The second-order valence-corrected chi connectivity index (χ2v) is 7.07. The zero-order valence-electron chi connectivity index (χ0n) is 13.8. The Morgan fingerprint density at radius 2 is 1.85 bits per heavy atom. The molecule has 3 nitrogen and oxygen atoms in total. The molecule has 4 rings (SSSR count). The molecule has 0 atom stereocenters. The van der Waals surface area contributed by atoms with Crippen molar-refractivity contribution in [2.24, 2.45) is 0 Å². The van der Waals surface area contributed by atoms with Crippen LogP contribution >= 0.6 is 11.8 Å². The number of aryl methyl sites for hydroxylation is 1. The maximum atomic E-state index is 12.5. The van der Waals surface area contributed by atoms with Crippen LogP contribution in [0.5, 0.6) is 5.75 Å². The lowest BCUT2D eigenvalue weighted by molar-refractivity contribution is -0.0328. The van der Waals surface area contributed by atoms with Crippen LogP contribution in [-0.2, 0) is 12.8 Å². The highest BCUT2D eigenvalue weighted by Gasteiger charge is 2.29. The third-order valence-electron chi connectivity index (χ3n) is 4.35. The molecule has 0 amide bonds. The van der Waals surface area contributed by atoms with Crippen LogP contribution in [0.25, 0.3) is 22.6 Å². The molecule has 1 aromatic heterocycles. The molecule has 26 heavy (non-hydrogen) atoms. The molecule has 0 N–H and O–H groups in total. The van der Waals surface area contributed by atoms with Crippen molar-refractivity contribution in [2.75, 3.05) is 7.11 Å². The molecule has 0 bridgehead atoms. The maximum Gasteiger partial charge on any atom is 0.446 e. The van der Waals surface area contributed by atoms with Crippen molar-refractivity contribution in [1.29, 1.82) is 0 Å². The van der Waals surface area contributed by atoms with Crippen LogP contribution in [0.2, 0.25) is 0 Å². The van der Waals surface area contributed by atoms with Crippen molar-refractivity contribution in [2.45, 2.75) is 23.2 Å². The third kappa shape index (κ3) is 3.19. The Bertz CT molecular complexity index is 948. The van der Waals surface area contributed by atoms with Gasteiger partial charge in [0.2, 0.25) is 0 Å². The summed E-state index contributed by atoms with van der Waals surface area (Å²) in [6.07, 6.45) is 1.59. The fraction of sp³-hybridized carbons (Fsp3) is 0.211. The summed E-state index contributed by atoms with van der Waals surface area (Å²) >= 11 is -0.126. The molecule has 0 saturated heterocycles. The Morgan fingerprint density at radius 3 is 2.54 bits per heavy atom. The zero-order chi connectivity index (χ0) is 18.3. The van der Waals surface area contributed by atoms with Gasteiger partial charge < -0.3 is 9.26 Å². The van der Waals surface area contributed by atoms with E-state index in [2.05, 4.69) is 5.16 Å². The number of ether oxygens (including phenoxy) is 1. The minimum Gasteiger partial charge on any atom is -0.497 e. The molecule has 0 saturated carbocycles. The van der Waals surface area contributed by atoms with E-state index < -0.39 is 5.51 Å². The molecule has 0 unspecified atom stereocenters. The van der Waals surface area contributed by atoms with Crippen molar-refractivity contribution in [3.8, 4) is 28.3 Å². The maximum absolute atomic E-state index is 12.5. The first-order valence-electron chi connectivity index (χ1n) is 7.96. The van der Waals surface area contributed by atoms with Gasteiger partial charge in [0.05, 0.1) is 7.11 Å². The summed E-state index contributed by atoms with van der Waals surface area (Å²) in [6, 6.07) is 12.0. The number of fused-ring (bicyclic) bond motifs is 3. The summed E-state index contributed by atoms with van der Waals surface area (Å²) in [4.78, 5) is 0.149. The molecule has 7 heteroatoms. The first-order valence-corrected chi connectivity index (χ1v) is 8.78. The van der Waals surface area contributed by atoms with Gasteiger partial charge in [-0.05, 0) is 60.5 Å². The van der Waals surface area contributed by atoms with E-state index in [1.54, 1.807) is 19.2 Å². The van der Waals surface area contributed by atoms with E-state index in [-0.39, 0.29) is 16.7 Å². The third-order valence-corrected chi connectivity index (χ3v) is 5.09. The highest BCUT2D eigenvalue weighted by molar-refractivity contribution is 8.00. The molecule has 0 aliphatic heterocycles. The van der Waals surface area contributed by atoms with Crippen LogP contribution in [0.3, 0.4) is 0 Å². The van der Waals surface area contributed by atoms with E-state index in [1.807, 2.05) is 18.2 Å². The Balaban J connectivity index is 1.67. The number of nitrogens with zero attached hydrogens (tertiary/aromatic N) is 1. The molecular weight excluding hydrogens is 363 g/mol. The quantitative estimate of drug-likeness (QED) is 0.546. The lowest BCUT2D eigenvalue weighted by Gasteiger charge is -2.16. The Labute approximate surface area is 152 Å². The predicted octanol–water partition coefficient (Wildman–Crippen LogP) is 5.73. The minimum absolute atomic E-state index is 0.126. The van der Waals surface area contributed by atoms with Crippen LogP contribution in [0.4, 0.5) is 13.2 Å². The largest absolute Gasteiger partial charge is 0.497 e. The molecule has 0 radical (unpaired) electrons. The first kappa shape index (κ1) is 17.0. The number of aromatic nitrogens is 1. The number of halogens is 3. The lowest BCUT2D eigenvalue weighted by atomic mass is 9.88. The monoisotopic (exact) mass is 377 g/mol. The molecule has 2 aromatic carbocycles. The van der Waals surface area contributed by atoms with Crippen LogP contribution in [0, 0.1) is 0 Å². The number of alkyl halides is 3. The minimum atomic E-state index is -4.29. The van der Waals surface area contributed by atoms with E-state index in [0.717, 1.165) is 46.6 Å². The van der Waals surface area contributed by atoms with Gasteiger partial charge in [-0.3, -0.25) is 0 Å². The van der Waals surface area contributed by atoms with Crippen molar-refractivity contribution in [3.05, 3.63) is 53.6 Å². The number of hydrogen-bond donors (Lipinski definition) is 0. The number of thioether (sulfide) groups is 1. The SMILES string of the molecule is COc1ccc2c(c1)CCc1c(-c3ccc(SC(F)(F)F)cc3)noc1-2. The standard InChI is InChI=1S/C19H14F3NO2S/c1-24-13-5-9-15-12(10-13)4-8-16-17(23-25-18(15)16)11-2-6-14(7-3-11)26-19(20,21)22/h2-3,5-7,9-10H,4,8H2,1H3.